The third-order valence-corrected chi connectivity index (χ3v) is 4.61. The van der Waals surface area contributed by atoms with Gasteiger partial charge in [0.2, 0.25) is 0 Å². The third kappa shape index (κ3) is 7.21. The molecule has 0 aliphatic rings. The van der Waals surface area contributed by atoms with Gasteiger partial charge in [-0.3, -0.25) is 4.79 Å². The average Bonchev–Trinajstić information content (AvgIpc) is 2.81. The molecule has 0 fully saturated rings. The van der Waals surface area contributed by atoms with E-state index in [0.717, 1.165) is 41.7 Å². The Kier molecular flexibility index (Phi) is 8.68. The fourth-order valence-corrected chi connectivity index (χ4v) is 3.00. The molecule has 30 heavy (non-hydrogen) atoms. The highest BCUT2D eigenvalue weighted by molar-refractivity contribution is 6.12. The van der Waals surface area contributed by atoms with Crippen molar-refractivity contribution >= 4 is 11.7 Å². The van der Waals surface area contributed by atoms with Gasteiger partial charge in [0.15, 0.2) is 0 Å². The number of carbonyl (C=O) groups excluding carboxylic acids is 1. The fourth-order valence-electron chi connectivity index (χ4n) is 3.00. The van der Waals surface area contributed by atoms with E-state index in [-0.39, 0.29) is 5.97 Å². The van der Waals surface area contributed by atoms with Gasteiger partial charge in [-0.15, -0.1) is 0 Å². The Hall–Kier alpha value is -3.40. The van der Waals surface area contributed by atoms with Crippen LogP contribution in [0.2, 0.25) is 0 Å². The highest BCUT2D eigenvalue weighted by atomic mass is 16.6. The van der Waals surface area contributed by atoms with Crippen molar-refractivity contribution in [2.24, 2.45) is 5.16 Å². The van der Waals surface area contributed by atoms with Crippen molar-refractivity contribution in [1.82, 2.24) is 0 Å². The monoisotopic (exact) mass is 401 g/mol. The minimum atomic E-state index is -0.159. The number of ether oxygens (including phenoxy) is 1. The standard InChI is InChI=1S/C26H27NO3/c28-25(29-21-22-13-5-1-6-14-22)19-11-4-12-20-30-27-26(23-15-7-2-8-16-23)24-17-9-3-10-18-24/h1-3,5-10,13-18H,4,11-12,19-21H2. The van der Waals surface area contributed by atoms with Crippen LogP contribution in [-0.2, 0) is 21.0 Å². The van der Waals surface area contributed by atoms with Gasteiger partial charge in [0.25, 0.3) is 0 Å². The van der Waals surface area contributed by atoms with Crippen molar-refractivity contribution in [1.29, 1.82) is 0 Å². The Balaban J connectivity index is 1.37. The van der Waals surface area contributed by atoms with Crippen LogP contribution in [0.3, 0.4) is 0 Å². The van der Waals surface area contributed by atoms with Gasteiger partial charge in [0.1, 0.15) is 18.9 Å². The van der Waals surface area contributed by atoms with Crippen LogP contribution in [-0.4, -0.2) is 18.3 Å². The van der Waals surface area contributed by atoms with Crippen molar-refractivity contribution in [3.05, 3.63) is 108 Å². The van der Waals surface area contributed by atoms with E-state index in [9.17, 15) is 4.79 Å². The van der Waals surface area contributed by atoms with E-state index in [1.807, 2.05) is 91.0 Å². The van der Waals surface area contributed by atoms with E-state index in [4.69, 9.17) is 9.57 Å². The van der Waals surface area contributed by atoms with Gasteiger partial charge in [-0.2, -0.15) is 0 Å². The average molecular weight is 402 g/mol. The van der Waals surface area contributed by atoms with Crippen LogP contribution in [0.25, 0.3) is 0 Å². The largest absolute Gasteiger partial charge is 0.461 e. The minimum Gasteiger partial charge on any atom is -0.461 e. The van der Waals surface area contributed by atoms with Crippen molar-refractivity contribution in [2.75, 3.05) is 6.61 Å². The number of benzene rings is 3. The Morgan fingerprint density at radius 1 is 0.700 bits per heavy atom. The first-order valence-corrected chi connectivity index (χ1v) is 10.3. The molecule has 0 N–H and O–H groups in total. The summed E-state index contributed by atoms with van der Waals surface area (Å²) in [6.07, 6.45) is 2.94. The summed E-state index contributed by atoms with van der Waals surface area (Å²) >= 11 is 0. The van der Waals surface area contributed by atoms with E-state index >= 15 is 0 Å². The number of esters is 1. The van der Waals surface area contributed by atoms with Crippen LogP contribution in [0.1, 0.15) is 42.4 Å². The second-order valence-electron chi connectivity index (χ2n) is 6.96. The van der Waals surface area contributed by atoms with Crippen LogP contribution < -0.4 is 0 Å². The van der Waals surface area contributed by atoms with Crippen LogP contribution in [0.15, 0.2) is 96.2 Å². The predicted octanol–water partition coefficient (Wildman–Crippen LogP) is 5.76. The lowest BCUT2D eigenvalue weighted by molar-refractivity contribution is -0.145. The molecule has 0 heterocycles. The number of rotatable bonds is 11. The van der Waals surface area contributed by atoms with E-state index in [0.29, 0.717) is 19.6 Å². The fraction of sp³-hybridized carbons (Fsp3) is 0.231. The maximum absolute atomic E-state index is 11.8. The van der Waals surface area contributed by atoms with Gasteiger partial charge in [-0.05, 0) is 24.8 Å². The van der Waals surface area contributed by atoms with Crippen molar-refractivity contribution in [3.63, 3.8) is 0 Å². The van der Waals surface area contributed by atoms with Crippen molar-refractivity contribution < 1.29 is 14.4 Å². The molecule has 0 aliphatic heterocycles. The molecule has 154 valence electrons. The van der Waals surface area contributed by atoms with E-state index in [1.165, 1.54) is 0 Å². The molecule has 0 amide bonds. The lowest BCUT2D eigenvalue weighted by Crippen LogP contribution is -2.05. The Morgan fingerprint density at radius 3 is 1.87 bits per heavy atom. The van der Waals surface area contributed by atoms with Gasteiger partial charge < -0.3 is 9.57 Å². The zero-order valence-electron chi connectivity index (χ0n) is 17.1. The van der Waals surface area contributed by atoms with Crippen LogP contribution in [0, 0.1) is 0 Å². The molecule has 0 saturated carbocycles. The molecule has 0 radical (unpaired) electrons. The van der Waals surface area contributed by atoms with E-state index < -0.39 is 0 Å². The molecule has 4 heteroatoms. The Labute approximate surface area is 178 Å². The molecule has 0 unspecified atom stereocenters. The molecule has 0 saturated heterocycles. The number of carbonyl (C=O) groups is 1. The molecule has 0 bridgehead atoms. The first kappa shape index (κ1) is 21.3. The molecule has 3 aromatic rings. The minimum absolute atomic E-state index is 0.159. The molecule has 3 aromatic carbocycles. The highest BCUT2D eigenvalue weighted by Crippen LogP contribution is 2.12. The maximum atomic E-state index is 11.8. The van der Waals surface area contributed by atoms with Crippen molar-refractivity contribution in [3.8, 4) is 0 Å². The molecule has 4 nitrogen and oxygen atoms in total. The summed E-state index contributed by atoms with van der Waals surface area (Å²) in [5.41, 5.74) is 3.86. The zero-order valence-corrected chi connectivity index (χ0v) is 17.1. The second kappa shape index (κ2) is 12.2. The highest BCUT2D eigenvalue weighted by Gasteiger charge is 2.07. The SMILES string of the molecule is O=C(CCCCCON=C(c1ccccc1)c1ccccc1)OCc1ccccc1. The van der Waals surface area contributed by atoms with Gasteiger partial charge in [0.05, 0.1) is 0 Å². The summed E-state index contributed by atoms with van der Waals surface area (Å²) in [6, 6.07) is 29.7. The lowest BCUT2D eigenvalue weighted by atomic mass is 10.0. The topological polar surface area (TPSA) is 47.9 Å². The summed E-state index contributed by atoms with van der Waals surface area (Å²) in [5, 5.41) is 4.39. The summed E-state index contributed by atoms with van der Waals surface area (Å²) in [5.74, 6) is -0.159. The molecule has 0 aromatic heterocycles. The van der Waals surface area contributed by atoms with Gasteiger partial charge in [-0.25, -0.2) is 0 Å². The summed E-state index contributed by atoms with van der Waals surface area (Å²) in [7, 11) is 0. The first-order valence-electron chi connectivity index (χ1n) is 10.3. The first-order chi connectivity index (χ1) is 14.8. The zero-order chi connectivity index (χ0) is 20.9. The van der Waals surface area contributed by atoms with Gasteiger partial charge >= 0.3 is 5.97 Å². The number of oxime groups is 1. The van der Waals surface area contributed by atoms with E-state index in [1.54, 1.807) is 0 Å². The maximum Gasteiger partial charge on any atom is 0.306 e. The normalized spacial score (nSPS) is 10.3. The summed E-state index contributed by atoms with van der Waals surface area (Å²) in [6.45, 7) is 0.849. The number of hydrogen-bond acceptors (Lipinski definition) is 4. The molecular weight excluding hydrogens is 374 g/mol. The number of nitrogens with zero attached hydrogens (tertiary/aromatic N) is 1. The number of hydrogen-bond donors (Lipinski definition) is 0. The lowest BCUT2D eigenvalue weighted by Gasteiger charge is -2.08. The number of unbranched alkanes of at least 4 members (excludes halogenated alkanes) is 2. The van der Waals surface area contributed by atoms with Crippen LogP contribution >= 0.6 is 0 Å². The second-order valence-corrected chi connectivity index (χ2v) is 6.96. The van der Waals surface area contributed by atoms with Gasteiger partial charge in [0, 0.05) is 17.5 Å². The molecule has 3 rings (SSSR count). The molecule has 0 spiro atoms. The van der Waals surface area contributed by atoms with Gasteiger partial charge in [-0.1, -0.05) is 96.2 Å². The van der Waals surface area contributed by atoms with Crippen LogP contribution in [0.5, 0.6) is 0 Å². The predicted molar refractivity (Wildman–Crippen MR) is 119 cm³/mol. The van der Waals surface area contributed by atoms with Crippen molar-refractivity contribution in [2.45, 2.75) is 32.3 Å². The Morgan fingerprint density at radius 2 is 1.27 bits per heavy atom. The smallest absolute Gasteiger partial charge is 0.306 e. The summed E-state index contributed by atoms with van der Waals surface area (Å²) < 4.78 is 5.29. The van der Waals surface area contributed by atoms with Crippen LogP contribution in [0.4, 0.5) is 0 Å². The molecule has 0 atom stereocenters. The molecular formula is C26H27NO3. The summed E-state index contributed by atoms with van der Waals surface area (Å²) in [4.78, 5) is 17.4. The third-order valence-electron chi connectivity index (χ3n) is 4.61. The molecule has 0 aliphatic carbocycles. The quantitative estimate of drug-likeness (QED) is 0.178. The van der Waals surface area contributed by atoms with E-state index in [2.05, 4.69) is 5.16 Å². The Bertz CT molecular complexity index is 867.